The number of H-pyrrole nitrogens is 2. The van der Waals surface area contributed by atoms with Crippen molar-refractivity contribution in [2.45, 2.75) is 20.1 Å². The number of hydrogen-bond donors (Lipinski definition) is 3. The van der Waals surface area contributed by atoms with Crippen molar-refractivity contribution in [2.75, 3.05) is 5.32 Å². The topological polar surface area (TPSA) is 117 Å². The quantitative estimate of drug-likeness (QED) is 0.603. The lowest BCUT2D eigenvalue weighted by molar-refractivity contribution is -0.142. The molecule has 8 heteroatoms. The average molecular weight is 340 g/mol. The Bertz CT molecular complexity index is 1020. The number of hydrogen-bond acceptors (Lipinski definition) is 6. The summed E-state index contributed by atoms with van der Waals surface area (Å²) in [5, 5.41) is 3.47. The maximum atomic E-state index is 12.3. The molecule has 0 unspecified atom stereocenters. The molecule has 2 heterocycles. The summed E-state index contributed by atoms with van der Waals surface area (Å²) in [6.45, 7) is 1.60. The second kappa shape index (κ2) is 7.00. The molecule has 0 saturated heterocycles. The molecule has 8 nitrogen and oxygen atoms in total. The number of nitrogens with one attached hydrogen (secondary N) is 3. The molecule has 128 valence electrons. The average Bonchev–Trinajstić information content (AvgIpc) is 2.58. The molecular weight excluding hydrogens is 324 g/mol. The minimum atomic E-state index is -0.625. The van der Waals surface area contributed by atoms with Crippen molar-refractivity contribution < 1.29 is 9.53 Å². The molecule has 0 aliphatic rings. The predicted molar refractivity (Wildman–Crippen MR) is 92.2 cm³/mol. The number of pyridine rings is 1. The van der Waals surface area contributed by atoms with Crippen LogP contribution in [0.15, 0.2) is 46.1 Å². The van der Waals surface area contributed by atoms with Gasteiger partial charge in [-0.1, -0.05) is 18.2 Å². The number of carbonyl (C=O) groups excluding carboxylic acids is 1. The van der Waals surface area contributed by atoms with E-state index in [2.05, 4.69) is 20.3 Å². The zero-order valence-electron chi connectivity index (χ0n) is 13.5. The number of carbonyl (C=O) groups is 1. The maximum Gasteiger partial charge on any atom is 0.327 e. The van der Waals surface area contributed by atoms with Crippen molar-refractivity contribution in [3.63, 3.8) is 0 Å². The number of para-hydroxylation sites is 1. The van der Waals surface area contributed by atoms with Crippen LogP contribution in [0.1, 0.15) is 18.1 Å². The van der Waals surface area contributed by atoms with E-state index >= 15 is 0 Å². The van der Waals surface area contributed by atoms with Gasteiger partial charge in [-0.25, -0.2) is 9.78 Å². The minimum Gasteiger partial charge on any atom is -0.461 e. The number of esters is 1. The van der Waals surface area contributed by atoms with Crippen LogP contribution in [-0.4, -0.2) is 20.9 Å². The Morgan fingerprint density at radius 1 is 1.20 bits per heavy atom. The predicted octanol–water partition coefficient (Wildman–Crippen LogP) is 1.29. The first-order valence-corrected chi connectivity index (χ1v) is 7.60. The van der Waals surface area contributed by atoms with Crippen LogP contribution >= 0.6 is 0 Å². The summed E-state index contributed by atoms with van der Waals surface area (Å²) in [5.74, 6) is -0.433. The number of aromatic amines is 2. The van der Waals surface area contributed by atoms with Crippen LogP contribution in [-0.2, 0) is 22.7 Å². The summed E-state index contributed by atoms with van der Waals surface area (Å²) < 4.78 is 5.04. The SMILES string of the molecule is CC(=O)OCc1cnc2[nH]c(=O)[nH]c(=O)c2c1CNc1ccccc1. The first kappa shape index (κ1) is 16.4. The van der Waals surface area contributed by atoms with Gasteiger partial charge >= 0.3 is 11.7 Å². The van der Waals surface area contributed by atoms with Gasteiger partial charge in [0, 0.05) is 30.9 Å². The standard InChI is InChI=1S/C17H16N4O4/c1-10(22)25-9-11-7-19-15-14(16(23)21-17(24)20-15)13(11)8-18-12-5-3-2-4-6-12/h2-7,18H,8-9H2,1H3,(H2,19,20,21,23,24). The van der Waals surface area contributed by atoms with Crippen molar-refractivity contribution in [2.24, 2.45) is 0 Å². The zero-order chi connectivity index (χ0) is 17.8. The highest BCUT2D eigenvalue weighted by Gasteiger charge is 2.14. The molecular formula is C17H16N4O4. The molecule has 2 aromatic heterocycles. The fraction of sp³-hybridized carbons (Fsp3) is 0.176. The lowest BCUT2D eigenvalue weighted by Gasteiger charge is -2.13. The monoisotopic (exact) mass is 340 g/mol. The third kappa shape index (κ3) is 3.74. The number of aromatic nitrogens is 3. The summed E-state index contributed by atoms with van der Waals surface area (Å²) in [6.07, 6.45) is 1.49. The number of benzene rings is 1. The van der Waals surface area contributed by atoms with Crippen LogP contribution in [0.3, 0.4) is 0 Å². The van der Waals surface area contributed by atoms with Crippen molar-refractivity contribution in [1.29, 1.82) is 0 Å². The molecule has 3 aromatic rings. The highest BCUT2D eigenvalue weighted by molar-refractivity contribution is 5.79. The summed E-state index contributed by atoms with van der Waals surface area (Å²) >= 11 is 0. The van der Waals surface area contributed by atoms with Crippen LogP contribution in [0.4, 0.5) is 5.69 Å². The third-order valence-corrected chi connectivity index (χ3v) is 3.64. The summed E-state index contributed by atoms with van der Waals surface area (Å²) in [7, 11) is 0. The zero-order valence-corrected chi connectivity index (χ0v) is 13.5. The molecule has 3 rings (SSSR count). The van der Waals surface area contributed by atoms with Crippen LogP contribution in [0.25, 0.3) is 11.0 Å². The molecule has 0 atom stereocenters. The van der Waals surface area contributed by atoms with E-state index in [0.29, 0.717) is 17.7 Å². The van der Waals surface area contributed by atoms with Gasteiger partial charge < -0.3 is 10.1 Å². The second-order valence-electron chi connectivity index (χ2n) is 5.39. The van der Waals surface area contributed by atoms with Gasteiger partial charge in [-0.05, 0) is 17.7 Å². The normalized spacial score (nSPS) is 10.6. The largest absolute Gasteiger partial charge is 0.461 e. The molecule has 0 aliphatic carbocycles. The van der Waals surface area contributed by atoms with Gasteiger partial charge in [0.25, 0.3) is 5.56 Å². The number of ether oxygens (including phenoxy) is 1. The van der Waals surface area contributed by atoms with Gasteiger partial charge in [0.15, 0.2) is 0 Å². The van der Waals surface area contributed by atoms with Gasteiger partial charge in [-0.2, -0.15) is 0 Å². The molecule has 25 heavy (non-hydrogen) atoms. The van der Waals surface area contributed by atoms with E-state index in [1.54, 1.807) is 0 Å². The number of anilines is 1. The van der Waals surface area contributed by atoms with E-state index < -0.39 is 17.2 Å². The fourth-order valence-corrected chi connectivity index (χ4v) is 2.48. The Morgan fingerprint density at radius 3 is 2.68 bits per heavy atom. The van der Waals surface area contributed by atoms with Crippen molar-refractivity contribution in [3.05, 3.63) is 68.5 Å². The van der Waals surface area contributed by atoms with Gasteiger partial charge in [0.1, 0.15) is 12.3 Å². The molecule has 1 aromatic carbocycles. The maximum absolute atomic E-state index is 12.3. The number of rotatable bonds is 5. The Kier molecular flexibility index (Phi) is 4.60. The lowest BCUT2D eigenvalue weighted by Crippen LogP contribution is -2.24. The smallest absolute Gasteiger partial charge is 0.327 e. The van der Waals surface area contributed by atoms with Gasteiger partial charge in [-0.15, -0.1) is 0 Å². The van der Waals surface area contributed by atoms with Crippen LogP contribution in [0, 0.1) is 0 Å². The Hall–Kier alpha value is -3.42. The first-order chi connectivity index (χ1) is 12.0. The molecule has 0 saturated carbocycles. The lowest BCUT2D eigenvalue weighted by atomic mass is 10.1. The minimum absolute atomic E-state index is 0.0113. The van der Waals surface area contributed by atoms with E-state index in [-0.39, 0.29) is 17.6 Å². The van der Waals surface area contributed by atoms with Crippen molar-refractivity contribution in [1.82, 2.24) is 15.0 Å². The molecule has 0 radical (unpaired) electrons. The van der Waals surface area contributed by atoms with E-state index in [9.17, 15) is 14.4 Å². The molecule has 3 N–H and O–H groups in total. The fourth-order valence-electron chi connectivity index (χ4n) is 2.48. The first-order valence-electron chi connectivity index (χ1n) is 7.60. The Labute approximate surface area is 141 Å². The molecule has 0 bridgehead atoms. The van der Waals surface area contributed by atoms with E-state index in [1.165, 1.54) is 13.1 Å². The van der Waals surface area contributed by atoms with E-state index in [0.717, 1.165) is 5.69 Å². The van der Waals surface area contributed by atoms with Crippen molar-refractivity contribution in [3.8, 4) is 0 Å². The van der Waals surface area contributed by atoms with Crippen molar-refractivity contribution >= 4 is 22.7 Å². The summed E-state index contributed by atoms with van der Waals surface area (Å²) in [6, 6.07) is 9.45. The van der Waals surface area contributed by atoms with E-state index in [1.807, 2.05) is 30.3 Å². The highest BCUT2D eigenvalue weighted by Crippen LogP contribution is 2.18. The molecule has 0 aliphatic heterocycles. The Morgan fingerprint density at radius 2 is 1.96 bits per heavy atom. The molecule has 0 fully saturated rings. The van der Waals surface area contributed by atoms with Crippen LogP contribution in [0.5, 0.6) is 0 Å². The third-order valence-electron chi connectivity index (χ3n) is 3.64. The Balaban J connectivity index is 2.06. The number of fused-ring (bicyclic) bond motifs is 1. The van der Waals surface area contributed by atoms with Crippen LogP contribution < -0.4 is 16.6 Å². The molecule has 0 amide bonds. The van der Waals surface area contributed by atoms with Gasteiger partial charge in [0.05, 0.1) is 5.39 Å². The van der Waals surface area contributed by atoms with Gasteiger partial charge in [-0.3, -0.25) is 19.6 Å². The summed E-state index contributed by atoms with van der Waals surface area (Å²) in [5.41, 5.74) is 1.08. The number of nitrogens with zero attached hydrogens (tertiary/aromatic N) is 1. The van der Waals surface area contributed by atoms with Gasteiger partial charge in [0.2, 0.25) is 0 Å². The second-order valence-corrected chi connectivity index (χ2v) is 5.39. The van der Waals surface area contributed by atoms with Crippen LogP contribution in [0.2, 0.25) is 0 Å². The highest BCUT2D eigenvalue weighted by atomic mass is 16.5. The molecule has 0 spiro atoms. The van der Waals surface area contributed by atoms with E-state index in [4.69, 9.17) is 4.74 Å². The summed E-state index contributed by atoms with van der Waals surface area (Å²) in [4.78, 5) is 43.6.